The maximum absolute atomic E-state index is 13.6. The van der Waals surface area contributed by atoms with Crippen molar-refractivity contribution in [3.05, 3.63) is 65.0 Å². The highest BCUT2D eigenvalue weighted by Crippen LogP contribution is 2.50. The van der Waals surface area contributed by atoms with Crippen LogP contribution in [-0.2, 0) is 5.41 Å². The van der Waals surface area contributed by atoms with Gasteiger partial charge in [-0.15, -0.1) is 0 Å². The van der Waals surface area contributed by atoms with E-state index in [0.29, 0.717) is 5.92 Å². The molecule has 0 bridgehead atoms. The van der Waals surface area contributed by atoms with E-state index < -0.39 is 5.82 Å². The van der Waals surface area contributed by atoms with Gasteiger partial charge in [-0.05, 0) is 54.5 Å². The molecule has 1 fully saturated rings. The molecule has 23 heavy (non-hydrogen) atoms. The lowest BCUT2D eigenvalue weighted by atomic mass is 9.65. The van der Waals surface area contributed by atoms with Crippen LogP contribution in [0.5, 0.6) is 0 Å². The molecule has 3 heteroatoms. The average Bonchev–Trinajstić information content (AvgIpc) is 2.94. The molecule has 2 atom stereocenters. The number of nitrogens with zero attached hydrogens (tertiary/aromatic N) is 2. The molecule has 1 heterocycles. The summed E-state index contributed by atoms with van der Waals surface area (Å²) in [5.74, 6) is -0.0939. The number of nitriles is 1. The van der Waals surface area contributed by atoms with E-state index in [1.165, 1.54) is 11.6 Å². The molecule has 1 aliphatic heterocycles. The van der Waals surface area contributed by atoms with Crippen molar-refractivity contribution in [1.29, 1.82) is 5.26 Å². The van der Waals surface area contributed by atoms with Gasteiger partial charge >= 0.3 is 0 Å². The molecule has 0 radical (unpaired) electrons. The van der Waals surface area contributed by atoms with Crippen LogP contribution in [0.1, 0.15) is 48.3 Å². The standard InChI is InChI=1S/C20H17FN2/c21-18-8-7-14(10-16(18)12-22)15-4-3-9-20(11-15)13-23-19-6-2-1-5-17(19)20/h1-2,5-8,10,13,15H,3-4,9,11H2. The maximum Gasteiger partial charge on any atom is 0.140 e. The molecule has 1 aliphatic carbocycles. The Hall–Kier alpha value is -2.47. The first kappa shape index (κ1) is 14.1. The largest absolute Gasteiger partial charge is 0.260 e. The summed E-state index contributed by atoms with van der Waals surface area (Å²) in [6, 6.07) is 15.3. The topological polar surface area (TPSA) is 36.1 Å². The zero-order chi connectivity index (χ0) is 15.9. The van der Waals surface area contributed by atoms with Gasteiger partial charge in [0.05, 0.1) is 11.3 Å². The lowest BCUT2D eigenvalue weighted by Crippen LogP contribution is -2.32. The number of para-hydroxylation sites is 1. The van der Waals surface area contributed by atoms with Crippen molar-refractivity contribution < 1.29 is 4.39 Å². The smallest absolute Gasteiger partial charge is 0.140 e. The molecule has 0 N–H and O–H groups in total. The number of rotatable bonds is 1. The van der Waals surface area contributed by atoms with E-state index >= 15 is 0 Å². The van der Waals surface area contributed by atoms with Gasteiger partial charge in [-0.2, -0.15) is 5.26 Å². The lowest BCUT2D eigenvalue weighted by molar-refractivity contribution is 0.349. The zero-order valence-electron chi connectivity index (χ0n) is 12.8. The fourth-order valence-electron chi connectivity index (χ4n) is 4.11. The van der Waals surface area contributed by atoms with E-state index in [1.54, 1.807) is 6.07 Å². The maximum atomic E-state index is 13.6. The second-order valence-electron chi connectivity index (χ2n) is 6.58. The second kappa shape index (κ2) is 5.31. The van der Waals surface area contributed by atoms with E-state index in [2.05, 4.69) is 29.4 Å². The molecule has 1 saturated carbocycles. The fraction of sp³-hybridized carbons (Fsp3) is 0.300. The van der Waals surface area contributed by atoms with Crippen LogP contribution in [-0.4, -0.2) is 6.21 Å². The fourth-order valence-corrected chi connectivity index (χ4v) is 4.11. The van der Waals surface area contributed by atoms with Crippen molar-refractivity contribution in [2.24, 2.45) is 4.99 Å². The van der Waals surface area contributed by atoms with E-state index in [-0.39, 0.29) is 11.0 Å². The average molecular weight is 304 g/mol. The van der Waals surface area contributed by atoms with Crippen molar-refractivity contribution in [3.8, 4) is 6.07 Å². The van der Waals surface area contributed by atoms with Crippen LogP contribution >= 0.6 is 0 Å². The minimum atomic E-state index is -0.436. The van der Waals surface area contributed by atoms with E-state index in [0.717, 1.165) is 36.9 Å². The summed E-state index contributed by atoms with van der Waals surface area (Å²) in [5, 5.41) is 9.07. The Morgan fingerprint density at radius 3 is 2.96 bits per heavy atom. The Morgan fingerprint density at radius 1 is 1.22 bits per heavy atom. The minimum Gasteiger partial charge on any atom is -0.260 e. The molecule has 2 nitrogen and oxygen atoms in total. The number of benzene rings is 2. The first-order valence-electron chi connectivity index (χ1n) is 8.06. The monoisotopic (exact) mass is 304 g/mol. The van der Waals surface area contributed by atoms with Crippen LogP contribution in [0.3, 0.4) is 0 Å². The normalized spacial score (nSPS) is 25.3. The molecule has 0 aromatic heterocycles. The molecule has 2 aromatic carbocycles. The molecule has 2 aromatic rings. The van der Waals surface area contributed by atoms with Crippen LogP contribution in [0.4, 0.5) is 10.1 Å². The van der Waals surface area contributed by atoms with E-state index in [9.17, 15) is 4.39 Å². The highest BCUT2D eigenvalue weighted by Gasteiger charge is 2.41. The van der Waals surface area contributed by atoms with Gasteiger partial charge in [0.2, 0.25) is 0 Å². The molecule has 114 valence electrons. The van der Waals surface area contributed by atoms with Gasteiger partial charge < -0.3 is 0 Å². The van der Waals surface area contributed by atoms with E-state index in [4.69, 9.17) is 5.26 Å². The van der Waals surface area contributed by atoms with Gasteiger partial charge in [-0.1, -0.05) is 30.7 Å². The number of aliphatic imine (C=N–C) groups is 1. The quantitative estimate of drug-likeness (QED) is 0.729. The summed E-state index contributed by atoms with van der Waals surface area (Å²) < 4.78 is 13.6. The van der Waals surface area contributed by atoms with Gasteiger partial charge in [-0.25, -0.2) is 4.39 Å². The Labute approximate surface area is 135 Å². The van der Waals surface area contributed by atoms with Crippen molar-refractivity contribution >= 4 is 11.9 Å². The lowest BCUT2D eigenvalue weighted by Gasteiger charge is -2.37. The molecular formula is C20H17FN2. The predicted octanol–water partition coefficient (Wildman–Crippen LogP) is 5.01. The van der Waals surface area contributed by atoms with Gasteiger partial charge in [0, 0.05) is 11.6 Å². The molecule has 2 aliphatic rings. The third kappa shape index (κ3) is 2.26. The number of hydrogen-bond donors (Lipinski definition) is 0. The Morgan fingerprint density at radius 2 is 2.09 bits per heavy atom. The van der Waals surface area contributed by atoms with Gasteiger partial charge in [0.1, 0.15) is 11.9 Å². The predicted molar refractivity (Wildman–Crippen MR) is 88.6 cm³/mol. The summed E-state index contributed by atoms with van der Waals surface area (Å²) in [5.41, 5.74) is 3.60. The summed E-state index contributed by atoms with van der Waals surface area (Å²) in [6.07, 6.45) is 6.39. The van der Waals surface area contributed by atoms with Crippen LogP contribution in [0.25, 0.3) is 0 Å². The first-order chi connectivity index (χ1) is 11.2. The summed E-state index contributed by atoms with van der Waals surface area (Å²) in [4.78, 5) is 4.61. The molecule has 0 amide bonds. The minimum absolute atomic E-state index is 0.000697. The van der Waals surface area contributed by atoms with Crippen molar-refractivity contribution in [2.45, 2.75) is 37.0 Å². The Kier molecular flexibility index (Phi) is 3.27. The first-order valence-corrected chi connectivity index (χ1v) is 8.06. The molecule has 2 unspecified atom stereocenters. The van der Waals surface area contributed by atoms with E-state index in [1.807, 2.05) is 18.2 Å². The third-order valence-corrected chi connectivity index (χ3v) is 5.26. The molecule has 0 saturated heterocycles. The molecular weight excluding hydrogens is 287 g/mol. The summed E-state index contributed by atoms with van der Waals surface area (Å²) in [6.45, 7) is 0. The van der Waals surface area contributed by atoms with Crippen LogP contribution in [0.15, 0.2) is 47.5 Å². The van der Waals surface area contributed by atoms with Crippen molar-refractivity contribution in [2.75, 3.05) is 0 Å². The molecule has 1 spiro atoms. The number of fused-ring (bicyclic) bond motifs is 2. The summed E-state index contributed by atoms with van der Waals surface area (Å²) in [7, 11) is 0. The highest BCUT2D eigenvalue weighted by atomic mass is 19.1. The van der Waals surface area contributed by atoms with Gasteiger partial charge in [0.25, 0.3) is 0 Å². The number of halogens is 1. The van der Waals surface area contributed by atoms with Crippen LogP contribution < -0.4 is 0 Å². The van der Waals surface area contributed by atoms with Crippen molar-refractivity contribution in [3.63, 3.8) is 0 Å². The Balaban J connectivity index is 1.69. The van der Waals surface area contributed by atoms with Crippen LogP contribution in [0, 0.1) is 17.1 Å². The van der Waals surface area contributed by atoms with Gasteiger partial charge in [-0.3, -0.25) is 4.99 Å². The van der Waals surface area contributed by atoms with Crippen molar-refractivity contribution in [1.82, 2.24) is 0 Å². The second-order valence-corrected chi connectivity index (χ2v) is 6.58. The number of hydrogen-bond acceptors (Lipinski definition) is 2. The highest BCUT2D eigenvalue weighted by molar-refractivity contribution is 5.85. The summed E-state index contributed by atoms with van der Waals surface area (Å²) >= 11 is 0. The third-order valence-electron chi connectivity index (χ3n) is 5.26. The zero-order valence-corrected chi connectivity index (χ0v) is 12.8. The Bertz CT molecular complexity index is 834. The van der Waals surface area contributed by atoms with Gasteiger partial charge in [0.15, 0.2) is 0 Å². The van der Waals surface area contributed by atoms with Crippen LogP contribution in [0.2, 0.25) is 0 Å². The molecule has 4 rings (SSSR count). The SMILES string of the molecule is N#Cc1cc(C2CCCC3(C=Nc4ccccc43)C2)ccc1F.